The minimum atomic E-state index is -0.737. The Balaban J connectivity index is 0.000000625. The molecule has 0 aromatic heterocycles. The first-order valence-corrected chi connectivity index (χ1v) is 13.9. The predicted molar refractivity (Wildman–Crippen MR) is 156 cm³/mol. The van der Waals surface area contributed by atoms with Gasteiger partial charge in [-0.2, -0.15) is 0 Å². The number of benzene rings is 1. The zero-order valence-corrected chi connectivity index (χ0v) is 24.4. The van der Waals surface area contributed by atoms with Crippen LogP contribution in [0.1, 0.15) is 78.3 Å². The highest BCUT2D eigenvalue weighted by atomic mass is 19.1. The number of primary amides is 1. The molecule has 220 valence electrons. The summed E-state index contributed by atoms with van der Waals surface area (Å²) in [6.45, 7) is 16.1. The molecule has 1 saturated carbocycles. The normalized spacial score (nSPS) is 17.3. The number of hydrogen-bond acceptors (Lipinski definition) is 5. The summed E-state index contributed by atoms with van der Waals surface area (Å²) in [6.07, 6.45) is 9.91. The maximum Gasteiger partial charge on any atom is 0.410 e. The second kappa shape index (κ2) is 21.7. The Morgan fingerprint density at radius 1 is 1.10 bits per heavy atom. The van der Waals surface area contributed by atoms with Gasteiger partial charge in [0.2, 0.25) is 12.3 Å². The highest BCUT2D eigenvalue weighted by Gasteiger charge is 2.27. The van der Waals surface area contributed by atoms with Gasteiger partial charge in [-0.1, -0.05) is 82.2 Å². The van der Waals surface area contributed by atoms with E-state index < -0.39 is 11.9 Å². The van der Waals surface area contributed by atoms with Crippen LogP contribution in [0.15, 0.2) is 54.9 Å². The lowest BCUT2D eigenvalue weighted by Gasteiger charge is -2.40. The number of allylic oxidation sites excluding steroid dienone is 2. The zero-order chi connectivity index (χ0) is 29.6. The maximum atomic E-state index is 11.9. The molecule has 39 heavy (non-hydrogen) atoms. The second-order valence-electron chi connectivity index (χ2n) is 9.05. The fourth-order valence-electron chi connectivity index (χ4n) is 4.05. The molecule has 1 heterocycles. The molecule has 2 unspecified atom stereocenters. The highest BCUT2D eigenvalue weighted by molar-refractivity contribution is 5.83. The van der Waals surface area contributed by atoms with Crippen LogP contribution in [-0.4, -0.2) is 66.5 Å². The van der Waals surface area contributed by atoms with Crippen LogP contribution in [0.2, 0.25) is 0 Å². The van der Waals surface area contributed by atoms with E-state index in [-0.39, 0.29) is 18.0 Å². The fraction of sp³-hybridized carbons (Fsp3) is 0.567. The number of carbonyl (C=O) groups is 3. The first kappa shape index (κ1) is 35.8. The lowest BCUT2D eigenvalue weighted by Crippen LogP contribution is -2.52. The van der Waals surface area contributed by atoms with Crippen molar-refractivity contribution in [3.8, 4) is 0 Å². The molecule has 8 nitrogen and oxygen atoms in total. The number of piperazine rings is 1. The van der Waals surface area contributed by atoms with E-state index in [0.29, 0.717) is 12.0 Å². The Morgan fingerprint density at radius 3 is 2.08 bits per heavy atom. The van der Waals surface area contributed by atoms with E-state index in [2.05, 4.69) is 16.8 Å². The Bertz CT molecular complexity index is 848. The van der Waals surface area contributed by atoms with Crippen LogP contribution in [0.3, 0.4) is 0 Å². The largest absolute Gasteiger partial charge is 0.442 e. The average Bonchev–Trinajstić information content (AvgIpc) is 2.98. The molecular formula is C30H49FN4O4. The molecule has 3 rings (SSSR count). The SMILES string of the molecule is C/C=C(\C)F.C=CC(C)OC(=O)N1CCN(C2CCCCC2)CC1.CC.NC(=O)C(NC=O)c1ccccc1. The van der Waals surface area contributed by atoms with Gasteiger partial charge in [0.25, 0.3) is 0 Å². The third kappa shape index (κ3) is 15.1. The van der Waals surface area contributed by atoms with E-state index in [0.717, 1.165) is 32.2 Å². The Morgan fingerprint density at radius 2 is 1.64 bits per heavy atom. The number of rotatable bonds is 7. The number of carbonyl (C=O) groups excluding carboxylic acids is 3. The standard InChI is InChI=1S/C15H26N2O2.C9H10N2O2.C4H7F.C2H6/c1-3-13(2)19-15(18)17-11-9-16(10-12-17)14-7-5-4-6-8-14;10-9(13)8(11-6-12)7-4-2-1-3-5-7;1-3-4(2)5;1-2/h3,13-14H,1,4-12H2,2H3;1-6,8H,(H2,10,13)(H,11,12);3H,1-2H3;1-2H3/b;;4-3+;. The Labute approximate surface area is 234 Å². The monoisotopic (exact) mass is 548 g/mol. The van der Waals surface area contributed by atoms with Crippen molar-refractivity contribution in [1.82, 2.24) is 15.1 Å². The number of halogens is 1. The summed E-state index contributed by atoms with van der Waals surface area (Å²) in [5.41, 5.74) is 5.78. The van der Waals surface area contributed by atoms with Gasteiger partial charge in [0, 0.05) is 32.2 Å². The van der Waals surface area contributed by atoms with Crippen molar-refractivity contribution >= 4 is 18.4 Å². The summed E-state index contributed by atoms with van der Waals surface area (Å²) in [4.78, 5) is 37.3. The van der Waals surface area contributed by atoms with E-state index in [1.165, 1.54) is 45.1 Å². The molecule has 3 amide bonds. The third-order valence-corrected chi connectivity index (χ3v) is 6.33. The van der Waals surface area contributed by atoms with Crippen molar-refractivity contribution in [1.29, 1.82) is 0 Å². The van der Waals surface area contributed by atoms with Crippen molar-refractivity contribution in [2.45, 2.75) is 84.9 Å². The number of ether oxygens (including phenoxy) is 1. The molecule has 0 bridgehead atoms. The smallest absolute Gasteiger partial charge is 0.410 e. The van der Waals surface area contributed by atoms with Gasteiger partial charge in [0.15, 0.2) is 0 Å². The van der Waals surface area contributed by atoms with Gasteiger partial charge in [0.05, 0.1) is 5.83 Å². The molecule has 0 spiro atoms. The fourth-order valence-corrected chi connectivity index (χ4v) is 4.05. The molecule has 1 aliphatic heterocycles. The molecule has 2 aliphatic rings. The predicted octanol–water partition coefficient (Wildman–Crippen LogP) is 5.51. The van der Waals surface area contributed by atoms with Gasteiger partial charge in [-0.05, 0) is 39.2 Å². The topological polar surface area (TPSA) is 105 Å². The molecule has 1 saturated heterocycles. The van der Waals surface area contributed by atoms with Crippen LogP contribution in [0.5, 0.6) is 0 Å². The van der Waals surface area contributed by atoms with E-state index in [1.807, 2.05) is 31.7 Å². The van der Waals surface area contributed by atoms with Crippen LogP contribution in [0, 0.1) is 0 Å². The Kier molecular flexibility index (Phi) is 19.9. The van der Waals surface area contributed by atoms with Gasteiger partial charge in [-0.15, -0.1) is 0 Å². The van der Waals surface area contributed by atoms with E-state index >= 15 is 0 Å². The van der Waals surface area contributed by atoms with Crippen molar-refractivity contribution < 1.29 is 23.5 Å². The third-order valence-electron chi connectivity index (χ3n) is 6.33. The highest BCUT2D eigenvalue weighted by Crippen LogP contribution is 2.23. The van der Waals surface area contributed by atoms with Crippen molar-refractivity contribution in [3.63, 3.8) is 0 Å². The number of nitrogens with two attached hydrogens (primary N) is 1. The molecule has 2 atom stereocenters. The van der Waals surface area contributed by atoms with Gasteiger partial charge in [-0.3, -0.25) is 14.5 Å². The molecule has 1 aromatic carbocycles. The molecule has 1 aliphatic carbocycles. The Hall–Kier alpha value is -3.20. The van der Waals surface area contributed by atoms with Crippen molar-refractivity contribution in [3.05, 3.63) is 60.5 Å². The summed E-state index contributed by atoms with van der Waals surface area (Å²) in [6, 6.07) is 8.84. The number of nitrogens with zero attached hydrogens (tertiary/aromatic N) is 2. The van der Waals surface area contributed by atoms with Crippen LogP contribution in [0.4, 0.5) is 9.18 Å². The molecule has 0 radical (unpaired) electrons. The maximum absolute atomic E-state index is 11.9. The van der Waals surface area contributed by atoms with E-state index in [9.17, 15) is 18.8 Å². The minimum Gasteiger partial charge on any atom is -0.442 e. The van der Waals surface area contributed by atoms with Crippen LogP contribution >= 0.6 is 0 Å². The zero-order valence-electron chi connectivity index (χ0n) is 24.4. The molecule has 2 fully saturated rings. The summed E-state index contributed by atoms with van der Waals surface area (Å²) < 4.78 is 16.6. The van der Waals surface area contributed by atoms with Gasteiger partial charge < -0.3 is 20.7 Å². The van der Waals surface area contributed by atoms with E-state index in [1.54, 1.807) is 37.3 Å². The van der Waals surface area contributed by atoms with Crippen LogP contribution < -0.4 is 11.1 Å². The lowest BCUT2D eigenvalue weighted by atomic mass is 9.94. The molecule has 3 N–H and O–H groups in total. The van der Waals surface area contributed by atoms with Crippen molar-refractivity contribution in [2.75, 3.05) is 26.2 Å². The van der Waals surface area contributed by atoms with Crippen LogP contribution in [0.25, 0.3) is 0 Å². The van der Waals surface area contributed by atoms with Gasteiger partial charge in [0.1, 0.15) is 12.1 Å². The average molecular weight is 549 g/mol. The lowest BCUT2D eigenvalue weighted by molar-refractivity contribution is -0.122. The quantitative estimate of drug-likeness (QED) is 0.345. The first-order chi connectivity index (χ1) is 18.7. The first-order valence-electron chi connectivity index (χ1n) is 13.9. The van der Waals surface area contributed by atoms with Crippen molar-refractivity contribution in [2.24, 2.45) is 5.73 Å². The van der Waals surface area contributed by atoms with Gasteiger partial charge >= 0.3 is 6.09 Å². The summed E-state index contributed by atoms with van der Waals surface area (Å²) in [5, 5.41) is 2.34. The molecular weight excluding hydrogens is 499 g/mol. The molecule has 9 heteroatoms. The van der Waals surface area contributed by atoms with Gasteiger partial charge in [-0.25, -0.2) is 9.18 Å². The summed E-state index contributed by atoms with van der Waals surface area (Å²) >= 11 is 0. The summed E-state index contributed by atoms with van der Waals surface area (Å²) in [7, 11) is 0. The van der Waals surface area contributed by atoms with Crippen LogP contribution in [-0.2, 0) is 14.3 Å². The number of amides is 3. The van der Waals surface area contributed by atoms with E-state index in [4.69, 9.17) is 10.5 Å². The molecule has 1 aromatic rings. The number of hydrogen-bond donors (Lipinski definition) is 2. The second-order valence-corrected chi connectivity index (χ2v) is 9.05. The number of nitrogens with one attached hydrogen (secondary N) is 1. The minimum absolute atomic E-state index is 0.120. The summed E-state index contributed by atoms with van der Waals surface area (Å²) in [5.74, 6) is -0.691.